The number of amides is 1. The average molecular weight is 214 g/mol. The van der Waals surface area contributed by atoms with Gasteiger partial charge in [-0.2, -0.15) is 0 Å². The predicted molar refractivity (Wildman–Crippen MR) is 55.0 cm³/mol. The van der Waals surface area contributed by atoms with Crippen LogP contribution in [0.2, 0.25) is 0 Å². The van der Waals surface area contributed by atoms with Crippen molar-refractivity contribution < 1.29 is 14.3 Å². The SMILES string of the molecule is CCC(N)C(=O)N1CCCC1C(=O)OC. The van der Waals surface area contributed by atoms with Crippen LogP contribution in [-0.2, 0) is 14.3 Å². The molecule has 1 aliphatic rings. The number of rotatable bonds is 3. The molecule has 1 heterocycles. The van der Waals surface area contributed by atoms with Crippen LogP contribution in [0, 0.1) is 0 Å². The number of carbonyl (C=O) groups is 2. The van der Waals surface area contributed by atoms with Crippen LogP contribution in [0.25, 0.3) is 0 Å². The van der Waals surface area contributed by atoms with Crippen LogP contribution in [0.15, 0.2) is 0 Å². The third-order valence-corrected chi connectivity index (χ3v) is 2.77. The van der Waals surface area contributed by atoms with E-state index in [1.807, 2.05) is 6.92 Å². The predicted octanol–water partition coefficient (Wildman–Crippen LogP) is -0.112. The average Bonchev–Trinajstić information content (AvgIpc) is 2.74. The molecule has 1 amide bonds. The van der Waals surface area contributed by atoms with Crippen molar-refractivity contribution in [3.05, 3.63) is 0 Å². The van der Waals surface area contributed by atoms with E-state index in [0.717, 1.165) is 6.42 Å². The number of nitrogens with zero attached hydrogens (tertiary/aromatic N) is 1. The third-order valence-electron chi connectivity index (χ3n) is 2.77. The lowest BCUT2D eigenvalue weighted by molar-refractivity contribution is -0.151. The Hall–Kier alpha value is -1.10. The van der Waals surface area contributed by atoms with E-state index >= 15 is 0 Å². The first-order valence-corrected chi connectivity index (χ1v) is 5.25. The normalized spacial score (nSPS) is 22.6. The Morgan fingerprint density at radius 3 is 2.80 bits per heavy atom. The van der Waals surface area contributed by atoms with E-state index in [2.05, 4.69) is 4.74 Å². The Kier molecular flexibility index (Phi) is 4.08. The summed E-state index contributed by atoms with van der Waals surface area (Å²) in [5, 5.41) is 0. The molecule has 0 aliphatic carbocycles. The van der Waals surface area contributed by atoms with E-state index in [1.54, 1.807) is 4.90 Å². The largest absolute Gasteiger partial charge is 0.467 e. The van der Waals surface area contributed by atoms with Gasteiger partial charge >= 0.3 is 5.97 Å². The lowest BCUT2D eigenvalue weighted by Crippen LogP contribution is -2.48. The smallest absolute Gasteiger partial charge is 0.328 e. The van der Waals surface area contributed by atoms with Crippen LogP contribution in [-0.4, -0.2) is 42.5 Å². The van der Waals surface area contributed by atoms with Crippen LogP contribution in [0.1, 0.15) is 26.2 Å². The Bertz CT molecular complexity index is 255. The number of ether oxygens (including phenoxy) is 1. The minimum Gasteiger partial charge on any atom is -0.467 e. The maximum absolute atomic E-state index is 11.8. The number of likely N-dealkylation sites (tertiary alicyclic amines) is 1. The minimum absolute atomic E-state index is 0.148. The summed E-state index contributed by atoms with van der Waals surface area (Å²) in [5.41, 5.74) is 5.66. The van der Waals surface area contributed by atoms with E-state index in [9.17, 15) is 9.59 Å². The maximum Gasteiger partial charge on any atom is 0.328 e. The molecule has 0 aromatic heterocycles. The molecule has 2 atom stereocenters. The van der Waals surface area contributed by atoms with E-state index < -0.39 is 12.1 Å². The van der Waals surface area contributed by atoms with E-state index in [-0.39, 0.29) is 11.9 Å². The molecule has 0 aromatic carbocycles. The van der Waals surface area contributed by atoms with Gasteiger partial charge in [-0.25, -0.2) is 4.79 Å². The molecule has 86 valence electrons. The van der Waals surface area contributed by atoms with E-state index in [1.165, 1.54) is 7.11 Å². The zero-order chi connectivity index (χ0) is 11.4. The number of esters is 1. The number of carbonyl (C=O) groups excluding carboxylic acids is 2. The zero-order valence-corrected chi connectivity index (χ0v) is 9.23. The Morgan fingerprint density at radius 2 is 2.27 bits per heavy atom. The molecule has 1 fully saturated rings. The fourth-order valence-corrected chi connectivity index (χ4v) is 1.80. The van der Waals surface area contributed by atoms with Crippen LogP contribution in [0.4, 0.5) is 0 Å². The van der Waals surface area contributed by atoms with Gasteiger partial charge < -0.3 is 15.4 Å². The molecule has 5 nitrogen and oxygen atoms in total. The Morgan fingerprint density at radius 1 is 1.60 bits per heavy atom. The van der Waals surface area contributed by atoms with Crippen LogP contribution in [0.5, 0.6) is 0 Å². The van der Waals surface area contributed by atoms with Gasteiger partial charge in [0.1, 0.15) is 6.04 Å². The summed E-state index contributed by atoms with van der Waals surface area (Å²) >= 11 is 0. The molecule has 0 radical (unpaired) electrons. The Balaban J connectivity index is 2.68. The number of hydrogen-bond donors (Lipinski definition) is 1. The summed E-state index contributed by atoms with van der Waals surface area (Å²) in [5.74, 6) is -0.491. The molecule has 2 N–H and O–H groups in total. The highest BCUT2D eigenvalue weighted by Crippen LogP contribution is 2.19. The van der Waals surface area contributed by atoms with Gasteiger partial charge in [0, 0.05) is 6.54 Å². The third kappa shape index (κ3) is 2.47. The lowest BCUT2D eigenvalue weighted by atomic mass is 10.2. The quantitative estimate of drug-likeness (QED) is 0.665. The van der Waals surface area contributed by atoms with Crippen molar-refractivity contribution in [3.63, 3.8) is 0 Å². The molecule has 0 saturated carbocycles. The second kappa shape index (κ2) is 5.11. The summed E-state index contributed by atoms with van der Waals surface area (Å²) < 4.78 is 4.65. The highest BCUT2D eigenvalue weighted by Gasteiger charge is 2.36. The first kappa shape index (κ1) is 12.0. The zero-order valence-electron chi connectivity index (χ0n) is 9.23. The first-order valence-electron chi connectivity index (χ1n) is 5.25. The van der Waals surface area contributed by atoms with Crippen molar-refractivity contribution in [1.82, 2.24) is 4.90 Å². The lowest BCUT2D eigenvalue weighted by Gasteiger charge is -2.25. The molecule has 5 heteroatoms. The van der Waals surface area contributed by atoms with Gasteiger partial charge in [-0.05, 0) is 19.3 Å². The van der Waals surface area contributed by atoms with Gasteiger partial charge in [0.15, 0.2) is 0 Å². The molecule has 15 heavy (non-hydrogen) atoms. The van der Waals surface area contributed by atoms with Crippen LogP contribution >= 0.6 is 0 Å². The summed E-state index contributed by atoms with van der Waals surface area (Å²) in [4.78, 5) is 24.7. The van der Waals surface area contributed by atoms with Crippen LogP contribution < -0.4 is 5.73 Å². The molecule has 0 aromatic rings. The fraction of sp³-hybridized carbons (Fsp3) is 0.800. The molecule has 1 saturated heterocycles. The summed E-state index contributed by atoms with van der Waals surface area (Å²) in [7, 11) is 1.34. The maximum atomic E-state index is 11.8. The highest BCUT2D eigenvalue weighted by molar-refractivity contribution is 5.87. The molecular formula is C10H18N2O3. The van der Waals surface area contributed by atoms with Crippen molar-refractivity contribution in [1.29, 1.82) is 0 Å². The van der Waals surface area contributed by atoms with Crippen LogP contribution in [0.3, 0.4) is 0 Å². The van der Waals surface area contributed by atoms with Gasteiger partial charge in [-0.1, -0.05) is 6.92 Å². The second-order valence-electron chi connectivity index (χ2n) is 3.73. The topological polar surface area (TPSA) is 72.6 Å². The summed E-state index contributed by atoms with van der Waals surface area (Å²) in [6.45, 7) is 2.46. The molecule has 1 aliphatic heterocycles. The standard InChI is InChI=1S/C10H18N2O3/c1-3-7(11)9(13)12-6-4-5-8(12)10(14)15-2/h7-8H,3-6,11H2,1-2H3. The molecule has 0 spiro atoms. The monoisotopic (exact) mass is 214 g/mol. The van der Waals surface area contributed by atoms with Gasteiger partial charge in [-0.15, -0.1) is 0 Å². The first-order chi connectivity index (χ1) is 7.11. The Labute approximate surface area is 89.6 Å². The van der Waals surface area contributed by atoms with Gasteiger partial charge in [0.05, 0.1) is 13.2 Å². The van der Waals surface area contributed by atoms with Gasteiger partial charge in [0.25, 0.3) is 0 Å². The van der Waals surface area contributed by atoms with Crippen molar-refractivity contribution >= 4 is 11.9 Å². The molecule has 0 bridgehead atoms. The molecule has 2 unspecified atom stereocenters. The van der Waals surface area contributed by atoms with E-state index in [4.69, 9.17) is 5.73 Å². The fourth-order valence-electron chi connectivity index (χ4n) is 1.80. The van der Waals surface area contributed by atoms with Crippen molar-refractivity contribution in [2.45, 2.75) is 38.3 Å². The molecular weight excluding hydrogens is 196 g/mol. The number of hydrogen-bond acceptors (Lipinski definition) is 4. The highest BCUT2D eigenvalue weighted by atomic mass is 16.5. The molecule has 1 rings (SSSR count). The second-order valence-corrected chi connectivity index (χ2v) is 3.73. The number of methoxy groups -OCH3 is 1. The van der Waals surface area contributed by atoms with Crippen molar-refractivity contribution in [3.8, 4) is 0 Å². The van der Waals surface area contributed by atoms with Gasteiger partial charge in [-0.3, -0.25) is 4.79 Å². The van der Waals surface area contributed by atoms with Crippen molar-refractivity contribution in [2.24, 2.45) is 5.73 Å². The minimum atomic E-state index is -0.504. The van der Waals surface area contributed by atoms with E-state index in [0.29, 0.717) is 19.4 Å². The van der Waals surface area contributed by atoms with Gasteiger partial charge in [0.2, 0.25) is 5.91 Å². The summed E-state index contributed by atoms with van der Waals surface area (Å²) in [6, 6.07) is -0.935. The number of nitrogens with two attached hydrogens (primary N) is 1. The van der Waals surface area contributed by atoms with Crippen molar-refractivity contribution in [2.75, 3.05) is 13.7 Å². The summed E-state index contributed by atoms with van der Waals surface area (Å²) in [6.07, 6.45) is 2.10.